The zero-order chi connectivity index (χ0) is 11.2. The van der Waals surface area contributed by atoms with E-state index in [-0.39, 0.29) is 0 Å². The molecule has 0 aromatic carbocycles. The molecule has 1 aliphatic heterocycles. The van der Waals surface area contributed by atoms with Gasteiger partial charge in [-0.1, -0.05) is 0 Å². The molecule has 0 saturated carbocycles. The number of aromatic nitrogens is 2. The van der Waals surface area contributed by atoms with E-state index in [1.807, 2.05) is 11.8 Å². The van der Waals surface area contributed by atoms with Gasteiger partial charge in [0.05, 0.1) is 12.4 Å². The molecule has 2 heterocycles. The SMILES string of the molecule is CCNc1cncc(NCC2CCCS2)n1. The predicted molar refractivity (Wildman–Crippen MR) is 70.2 cm³/mol. The zero-order valence-corrected chi connectivity index (χ0v) is 10.4. The Bertz CT molecular complexity index is 326. The fraction of sp³-hybridized carbons (Fsp3) is 0.636. The summed E-state index contributed by atoms with van der Waals surface area (Å²) in [4.78, 5) is 8.58. The first-order valence-corrected chi connectivity index (χ1v) is 6.84. The molecule has 4 nitrogen and oxygen atoms in total. The highest BCUT2D eigenvalue weighted by molar-refractivity contribution is 8.00. The molecule has 5 heteroatoms. The number of anilines is 2. The van der Waals surface area contributed by atoms with E-state index in [1.165, 1.54) is 18.6 Å². The van der Waals surface area contributed by atoms with Gasteiger partial charge in [0.15, 0.2) is 0 Å². The van der Waals surface area contributed by atoms with Crippen LogP contribution in [0.2, 0.25) is 0 Å². The average molecular weight is 238 g/mol. The van der Waals surface area contributed by atoms with Crippen LogP contribution in [0.4, 0.5) is 11.6 Å². The van der Waals surface area contributed by atoms with Crippen molar-refractivity contribution < 1.29 is 0 Å². The third kappa shape index (κ3) is 3.27. The molecule has 88 valence electrons. The van der Waals surface area contributed by atoms with Crippen molar-refractivity contribution in [2.75, 3.05) is 29.5 Å². The maximum absolute atomic E-state index is 4.43. The van der Waals surface area contributed by atoms with Crippen LogP contribution < -0.4 is 10.6 Å². The zero-order valence-electron chi connectivity index (χ0n) is 9.57. The van der Waals surface area contributed by atoms with E-state index >= 15 is 0 Å². The minimum absolute atomic E-state index is 0.740. The highest BCUT2D eigenvalue weighted by Gasteiger charge is 2.15. The van der Waals surface area contributed by atoms with E-state index in [2.05, 4.69) is 27.5 Å². The van der Waals surface area contributed by atoms with Gasteiger partial charge >= 0.3 is 0 Å². The fourth-order valence-corrected chi connectivity index (χ4v) is 2.94. The van der Waals surface area contributed by atoms with Crippen molar-refractivity contribution in [3.05, 3.63) is 12.4 Å². The van der Waals surface area contributed by atoms with Gasteiger partial charge in [0.1, 0.15) is 11.6 Å². The summed E-state index contributed by atoms with van der Waals surface area (Å²) in [5.41, 5.74) is 0. The Hall–Kier alpha value is -0.970. The van der Waals surface area contributed by atoms with Crippen LogP contribution in [0.15, 0.2) is 12.4 Å². The van der Waals surface area contributed by atoms with Crippen LogP contribution in [-0.2, 0) is 0 Å². The normalized spacial score (nSPS) is 19.7. The van der Waals surface area contributed by atoms with E-state index in [0.29, 0.717) is 0 Å². The van der Waals surface area contributed by atoms with Crippen LogP contribution in [-0.4, -0.2) is 34.1 Å². The highest BCUT2D eigenvalue weighted by atomic mass is 32.2. The van der Waals surface area contributed by atoms with Gasteiger partial charge in [-0.3, -0.25) is 4.98 Å². The molecule has 2 rings (SSSR count). The van der Waals surface area contributed by atoms with Crippen LogP contribution in [0.5, 0.6) is 0 Å². The molecule has 1 atom stereocenters. The Morgan fingerprint density at radius 3 is 2.88 bits per heavy atom. The van der Waals surface area contributed by atoms with Gasteiger partial charge in [-0.2, -0.15) is 11.8 Å². The molecule has 1 unspecified atom stereocenters. The molecule has 0 aliphatic carbocycles. The molecule has 1 fully saturated rings. The third-order valence-corrected chi connectivity index (χ3v) is 3.93. The lowest BCUT2D eigenvalue weighted by Crippen LogP contribution is -2.15. The van der Waals surface area contributed by atoms with E-state index in [9.17, 15) is 0 Å². The van der Waals surface area contributed by atoms with Crippen LogP contribution in [0.3, 0.4) is 0 Å². The summed E-state index contributed by atoms with van der Waals surface area (Å²) in [5, 5.41) is 7.25. The summed E-state index contributed by atoms with van der Waals surface area (Å²) in [6.07, 6.45) is 6.19. The lowest BCUT2D eigenvalue weighted by Gasteiger charge is -2.11. The number of nitrogens with one attached hydrogen (secondary N) is 2. The van der Waals surface area contributed by atoms with Crippen LogP contribution in [0.25, 0.3) is 0 Å². The second kappa shape index (κ2) is 5.94. The molecule has 0 radical (unpaired) electrons. The Labute approximate surface area is 101 Å². The van der Waals surface area contributed by atoms with Crippen molar-refractivity contribution in [1.82, 2.24) is 9.97 Å². The van der Waals surface area contributed by atoms with Crippen LogP contribution in [0.1, 0.15) is 19.8 Å². The maximum Gasteiger partial charge on any atom is 0.146 e. The average Bonchev–Trinajstić information content (AvgIpc) is 2.80. The Morgan fingerprint density at radius 1 is 1.38 bits per heavy atom. The number of hydrogen-bond donors (Lipinski definition) is 2. The largest absolute Gasteiger partial charge is 0.369 e. The molecular weight excluding hydrogens is 220 g/mol. The quantitative estimate of drug-likeness (QED) is 0.823. The topological polar surface area (TPSA) is 49.8 Å². The molecule has 1 saturated heterocycles. The van der Waals surface area contributed by atoms with Crippen molar-refractivity contribution in [3.8, 4) is 0 Å². The van der Waals surface area contributed by atoms with Crippen molar-refractivity contribution in [3.63, 3.8) is 0 Å². The molecule has 1 aliphatic rings. The van der Waals surface area contributed by atoms with Gasteiger partial charge in [0.25, 0.3) is 0 Å². The van der Waals surface area contributed by atoms with Gasteiger partial charge in [0, 0.05) is 18.3 Å². The number of rotatable bonds is 5. The third-order valence-electron chi connectivity index (χ3n) is 2.53. The summed E-state index contributed by atoms with van der Waals surface area (Å²) >= 11 is 2.05. The number of thioether (sulfide) groups is 1. The van der Waals surface area contributed by atoms with E-state index in [0.717, 1.165) is 30.0 Å². The molecule has 0 amide bonds. The van der Waals surface area contributed by atoms with Crippen LogP contribution in [0, 0.1) is 0 Å². The number of nitrogens with zero attached hydrogens (tertiary/aromatic N) is 2. The molecular formula is C11H18N4S. The van der Waals surface area contributed by atoms with E-state index in [1.54, 1.807) is 12.4 Å². The minimum atomic E-state index is 0.740. The molecule has 1 aromatic heterocycles. The standard InChI is InChI=1S/C11H18N4S/c1-2-13-10-7-12-8-11(15-10)14-6-9-4-3-5-16-9/h7-9H,2-6H2,1H3,(H2,13,14,15). The summed E-state index contributed by atoms with van der Waals surface area (Å²) in [7, 11) is 0. The van der Waals surface area contributed by atoms with E-state index in [4.69, 9.17) is 0 Å². The van der Waals surface area contributed by atoms with Crippen molar-refractivity contribution in [2.24, 2.45) is 0 Å². The summed E-state index contributed by atoms with van der Waals surface area (Å²) < 4.78 is 0. The Morgan fingerprint density at radius 2 is 2.19 bits per heavy atom. The van der Waals surface area contributed by atoms with Crippen molar-refractivity contribution in [1.29, 1.82) is 0 Å². The molecule has 0 bridgehead atoms. The first-order valence-electron chi connectivity index (χ1n) is 5.80. The van der Waals surface area contributed by atoms with E-state index < -0.39 is 0 Å². The van der Waals surface area contributed by atoms with Gasteiger partial charge in [0.2, 0.25) is 0 Å². The monoisotopic (exact) mass is 238 g/mol. The van der Waals surface area contributed by atoms with Gasteiger partial charge in [-0.25, -0.2) is 4.98 Å². The molecule has 1 aromatic rings. The lowest BCUT2D eigenvalue weighted by molar-refractivity contribution is 0.803. The summed E-state index contributed by atoms with van der Waals surface area (Å²) in [6.45, 7) is 3.92. The number of hydrogen-bond acceptors (Lipinski definition) is 5. The predicted octanol–water partition coefficient (Wildman–Crippen LogP) is 2.22. The lowest BCUT2D eigenvalue weighted by atomic mass is 10.2. The maximum atomic E-state index is 4.43. The summed E-state index contributed by atoms with van der Waals surface area (Å²) in [5.74, 6) is 3.01. The molecule has 16 heavy (non-hydrogen) atoms. The highest BCUT2D eigenvalue weighted by Crippen LogP contribution is 2.26. The Balaban J connectivity index is 1.85. The smallest absolute Gasteiger partial charge is 0.146 e. The summed E-state index contributed by atoms with van der Waals surface area (Å²) in [6, 6.07) is 0. The van der Waals surface area contributed by atoms with Gasteiger partial charge < -0.3 is 10.6 Å². The first-order chi connectivity index (χ1) is 7.88. The van der Waals surface area contributed by atoms with Gasteiger partial charge in [-0.05, 0) is 25.5 Å². The fourth-order valence-electron chi connectivity index (χ4n) is 1.74. The van der Waals surface area contributed by atoms with Crippen molar-refractivity contribution >= 4 is 23.4 Å². The molecule has 2 N–H and O–H groups in total. The first kappa shape index (κ1) is 11.5. The Kier molecular flexibility index (Phi) is 4.27. The van der Waals surface area contributed by atoms with Crippen LogP contribution >= 0.6 is 11.8 Å². The second-order valence-corrected chi connectivity index (χ2v) is 5.24. The second-order valence-electron chi connectivity index (χ2n) is 3.84. The van der Waals surface area contributed by atoms with Crippen molar-refractivity contribution in [2.45, 2.75) is 25.0 Å². The minimum Gasteiger partial charge on any atom is -0.369 e. The molecule has 0 spiro atoms. The van der Waals surface area contributed by atoms with Gasteiger partial charge in [-0.15, -0.1) is 0 Å².